The number of rotatable bonds is 9. The molecule has 0 amide bonds. The first-order valence-electron chi connectivity index (χ1n) is 11.4. The average Bonchev–Trinajstić information content (AvgIpc) is 3.07. The van der Waals surface area contributed by atoms with Crippen LogP contribution < -0.4 is 20.9 Å². The highest BCUT2D eigenvalue weighted by atomic mass is 31.2. The number of nitrogens with one attached hydrogen (secondary N) is 2. The molecule has 37 heavy (non-hydrogen) atoms. The van der Waals surface area contributed by atoms with Gasteiger partial charge in [0.1, 0.15) is 23.8 Å². The van der Waals surface area contributed by atoms with Gasteiger partial charge in [0, 0.05) is 30.4 Å². The van der Waals surface area contributed by atoms with Gasteiger partial charge >= 0.3 is 13.4 Å². The molecule has 5 unspecified atom stereocenters. The standard InChI is InChI=1S/C24H26F2N3O7P/c1-3-27-37(33,36-16-9-10-17(18(25)13-16)15-7-5-4-6-8-15)34-14-19-21(31)24(2,26)22(35-19)29-12-11-20(30)28-23(29)32/h4-13,19,21-22,31H,3,14H2,1-2H3,(H,27,33)(H,28,30,32). The largest absolute Gasteiger partial charge is 0.458 e. The number of nitrogens with zero attached hydrogens (tertiary/aromatic N) is 1. The first-order valence-corrected chi connectivity index (χ1v) is 13.0. The topological polar surface area (TPSA) is 132 Å². The quantitative estimate of drug-likeness (QED) is 0.355. The Morgan fingerprint density at radius 1 is 1.22 bits per heavy atom. The lowest BCUT2D eigenvalue weighted by Gasteiger charge is -2.24. The van der Waals surface area contributed by atoms with Crippen LogP contribution in [-0.4, -0.2) is 45.7 Å². The van der Waals surface area contributed by atoms with E-state index in [-0.39, 0.29) is 12.3 Å². The molecule has 198 valence electrons. The number of benzene rings is 2. The molecule has 3 N–H and O–H groups in total. The number of ether oxygens (including phenoxy) is 1. The number of aromatic amines is 1. The van der Waals surface area contributed by atoms with E-state index in [1.54, 1.807) is 37.3 Å². The van der Waals surface area contributed by atoms with Crippen LogP contribution in [0.5, 0.6) is 5.75 Å². The number of alkyl halides is 1. The highest BCUT2D eigenvalue weighted by Crippen LogP contribution is 2.47. The molecule has 0 aliphatic carbocycles. The predicted molar refractivity (Wildman–Crippen MR) is 130 cm³/mol. The first-order chi connectivity index (χ1) is 17.5. The number of halogens is 2. The number of hydrogen-bond donors (Lipinski definition) is 3. The molecule has 1 aliphatic rings. The van der Waals surface area contributed by atoms with Crippen LogP contribution in [0, 0.1) is 5.82 Å². The van der Waals surface area contributed by atoms with Crippen LogP contribution in [-0.2, 0) is 13.8 Å². The molecule has 1 aliphatic heterocycles. The maximum absolute atomic E-state index is 15.4. The fourth-order valence-electron chi connectivity index (χ4n) is 3.98. The Hall–Kier alpha value is -3.15. The third-order valence-electron chi connectivity index (χ3n) is 5.83. The molecule has 0 bridgehead atoms. The van der Waals surface area contributed by atoms with E-state index in [0.29, 0.717) is 11.1 Å². The highest BCUT2D eigenvalue weighted by molar-refractivity contribution is 7.52. The van der Waals surface area contributed by atoms with E-state index >= 15 is 4.39 Å². The maximum atomic E-state index is 15.4. The van der Waals surface area contributed by atoms with Crippen molar-refractivity contribution >= 4 is 7.75 Å². The van der Waals surface area contributed by atoms with Crippen LogP contribution in [0.4, 0.5) is 8.78 Å². The summed E-state index contributed by atoms with van der Waals surface area (Å²) in [5.41, 5.74) is -3.11. The highest BCUT2D eigenvalue weighted by Gasteiger charge is 2.55. The van der Waals surface area contributed by atoms with Gasteiger partial charge in [-0.3, -0.25) is 18.9 Å². The predicted octanol–water partition coefficient (Wildman–Crippen LogP) is 3.14. The van der Waals surface area contributed by atoms with E-state index < -0.39 is 55.5 Å². The zero-order valence-corrected chi connectivity index (χ0v) is 20.9. The van der Waals surface area contributed by atoms with Gasteiger partial charge in [0.05, 0.1) is 6.61 Å². The van der Waals surface area contributed by atoms with Crippen molar-refractivity contribution in [3.63, 3.8) is 0 Å². The van der Waals surface area contributed by atoms with Crippen LogP contribution in [0.15, 0.2) is 70.4 Å². The van der Waals surface area contributed by atoms with E-state index in [2.05, 4.69) is 5.09 Å². The van der Waals surface area contributed by atoms with Gasteiger partial charge in [-0.25, -0.2) is 23.2 Å². The maximum Gasteiger partial charge on any atom is 0.458 e. The first kappa shape index (κ1) is 26.9. The van der Waals surface area contributed by atoms with Gasteiger partial charge < -0.3 is 14.4 Å². The summed E-state index contributed by atoms with van der Waals surface area (Å²) in [4.78, 5) is 25.4. The van der Waals surface area contributed by atoms with Crippen molar-refractivity contribution in [2.45, 2.75) is 38.0 Å². The molecule has 0 radical (unpaired) electrons. The zero-order valence-electron chi connectivity index (χ0n) is 20.0. The third-order valence-corrected chi connectivity index (χ3v) is 7.48. The van der Waals surface area contributed by atoms with Crippen LogP contribution >= 0.6 is 7.75 Å². The molecule has 4 rings (SSSR count). The number of hydrogen-bond acceptors (Lipinski definition) is 7. The molecule has 1 fully saturated rings. The lowest BCUT2D eigenvalue weighted by atomic mass is 9.98. The number of aromatic nitrogens is 2. The van der Waals surface area contributed by atoms with Gasteiger partial charge in [-0.1, -0.05) is 37.3 Å². The molecule has 0 spiro atoms. The van der Waals surface area contributed by atoms with Crippen LogP contribution in [0.2, 0.25) is 0 Å². The van der Waals surface area contributed by atoms with Gasteiger partial charge in [-0.2, -0.15) is 0 Å². The Kier molecular flexibility index (Phi) is 7.77. The van der Waals surface area contributed by atoms with Crippen molar-refractivity contribution in [3.8, 4) is 16.9 Å². The second-order valence-corrected chi connectivity index (χ2v) is 10.3. The molecule has 13 heteroatoms. The number of aliphatic hydroxyl groups is 1. The fourth-order valence-corrected chi connectivity index (χ4v) is 5.31. The second-order valence-electron chi connectivity index (χ2n) is 8.54. The number of aliphatic hydroxyl groups excluding tert-OH is 1. The van der Waals surface area contributed by atoms with Crippen molar-refractivity contribution in [2.75, 3.05) is 13.2 Å². The van der Waals surface area contributed by atoms with Crippen molar-refractivity contribution < 1.29 is 32.2 Å². The summed E-state index contributed by atoms with van der Waals surface area (Å²) in [6, 6.07) is 13.8. The van der Waals surface area contributed by atoms with Crippen molar-refractivity contribution in [1.29, 1.82) is 0 Å². The van der Waals surface area contributed by atoms with Gasteiger partial charge in [0.25, 0.3) is 5.56 Å². The third kappa shape index (κ3) is 5.73. The zero-order chi connectivity index (χ0) is 26.8. The van der Waals surface area contributed by atoms with Crippen molar-refractivity contribution in [3.05, 3.63) is 87.4 Å². The van der Waals surface area contributed by atoms with E-state index in [1.807, 2.05) is 4.98 Å². The normalized spacial score (nSPS) is 25.1. The van der Waals surface area contributed by atoms with Gasteiger partial charge in [0.2, 0.25) is 0 Å². The SMILES string of the molecule is CCNP(=O)(OCC1OC(n2ccc(=O)[nH]c2=O)C(C)(F)C1O)Oc1ccc(-c2ccccc2)c(F)c1. The molecule has 2 heterocycles. The molecule has 10 nitrogen and oxygen atoms in total. The summed E-state index contributed by atoms with van der Waals surface area (Å²) in [5.74, 6) is -0.689. The smallest absolute Gasteiger partial charge is 0.413 e. The van der Waals surface area contributed by atoms with E-state index in [0.717, 1.165) is 29.8 Å². The van der Waals surface area contributed by atoms with Gasteiger partial charge in [0.15, 0.2) is 11.9 Å². The molecule has 2 aromatic carbocycles. The van der Waals surface area contributed by atoms with Gasteiger partial charge in [-0.05, 0) is 24.6 Å². The summed E-state index contributed by atoms with van der Waals surface area (Å²) in [6.45, 7) is 2.21. The molecule has 0 saturated carbocycles. The molecule has 3 aromatic rings. The lowest BCUT2D eigenvalue weighted by Crippen LogP contribution is -2.43. The van der Waals surface area contributed by atoms with Crippen LogP contribution in [0.3, 0.4) is 0 Å². The Morgan fingerprint density at radius 2 is 1.95 bits per heavy atom. The summed E-state index contributed by atoms with van der Waals surface area (Å²) >= 11 is 0. The Bertz CT molecular complexity index is 1410. The summed E-state index contributed by atoms with van der Waals surface area (Å²) in [6.07, 6.45) is -3.69. The molecule has 1 saturated heterocycles. The minimum absolute atomic E-state index is 0.0812. The minimum Gasteiger partial charge on any atom is -0.413 e. The van der Waals surface area contributed by atoms with Crippen molar-refractivity contribution in [2.24, 2.45) is 0 Å². The van der Waals surface area contributed by atoms with E-state index in [4.69, 9.17) is 13.8 Å². The van der Waals surface area contributed by atoms with E-state index in [1.165, 1.54) is 12.1 Å². The second kappa shape index (κ2) is 10.7. The number of H-pyrrole nitrogens is 1. The Labute approximate surface area is 210 Å². The van der Waals surface area contributed by atoms with E-state index in [9.17, 15) is 23.7 Å². The molecule has 5 atom stereocenters. The Balaban J connectivity index is 1.49. The molecular formula is C24H26F2N3O7P. The summed E-state index contributed by atoms with van der Waals surface area (Å²) in [7, 11) is -4.12. The monoisotopic (exact) mass is 537 g/mol. The van der Waals surface area contributed by atoms with Gasteiger partial charge in [-0.15, -0.1) is 0 Å². The van der Waals surface area contributed by atoms with Crippen LogP contribution in [0.25, 0.3) is 11.1 Å². The summed E-state index contributed by atoms with van der Waals surface area (Å²) < 4.78 is 60.6. The van der Waals surface area contributed by atoms with Crippen LogP contribution in [0.1, 0.15) is 20.1 Å². The van der Waals surface area contributed by atoms with Crippen molar-refractivity contribution in [1.82, 2.24) is 14.6 Å². The average molecular weight is 537 g/mol. The lowest BCUT2D eigenvalue weighted by molar-refractivity contribution is -0.0593. The Morgan fingerprint density at radius 3 is 2.59 bits per heavy atom. The molecular weight excluding hydrogens is 511 g/mol. The molecule has 1 aromatic heterocycles. The summed E-state index contributed by atoms with van der Waals surface area (Å²) in [5, 5.41) is 13.1. The minimum atomic E-state index is -4.12. The fraction of sp³-hybridized carbons (Fsp3) is 0.333.